The van der Waals surface area contributed by atoms with Crippen LogP contribution in [0.3, 0.4) is 0 Å². The van der Waals surface area contributed by atoms with Gasteiger partial charge in [0.25, 0.3) is 5.91 Å². The van der Waals surface area contributed by atoms with Crippen molar-refractivity contribution < 1.29 is 9.90 Å². The Morgan fingerprint density at radius 1 is 1.41 bits per heavy atom. The highest BCUT2D eigenvalue weighted by atomic mass is 35.5. The zero-order chi connectivity index (χ0) is 12.8. The quantitative estimate of drug-likeness (QED) is 0.898. The number of aliphatic hydroxyl groups excluding tert-OH is 1. The van der Waals surface area contributed by atoms with Crippen LogP contribution in [-0.4, -0.2) is 35.6 Å². The maximum atomic E-state index is 12.2. The van der Waals surface area contributed by atoms with Gasteiger partial charge in [0.05, 0.1) is 15.6 Å². The smallest absolute Gasteiger partial charge is 0.255 e. The standard InChI is InChI=1S/C12H15Cl2NO2/c1-2-15(7-4-8-16)12(17)9-5-3-6-10(13)11(9)14/h3,5-6,16H,2,4,7-8H2,1H3. The topological polar surface area (TPSA) is 40.5 Å². The Labute approximate surface area is 111 Å². The van der Waals surface area contributed by atoms with Crippen LogP contribution in [0.25, 0.3) is 0 Å². The number of hydrogen-bond acceptors (Lipinski definition) is 2. The number of aliphatic hydroxyl groups is 1. The fraction of sp³-hybridized carbons (Fsp3) is 0.417. The molecular formula is C12H15Cl2NO2. The highest BCUT2D eigenvalue weighted by Crippen LogP contribution is 2.26. The van der Waals surface area contributed by atoms with Gasteiger partial charge in [-0.15, -0.1) is 0 Å². The molecule has 0 saturated heterocycles. The van der Waals surface area contributed by atoms with Crippen molar-refractivity contribution in [2.24, 2.45) is 0 Å². The van der Waals surface area contributed by atoms with Crippen LogP contribution >= 0.6 is 23.2 Å². The van der Waals surface area contributed by atoms with E-state index in [9.17, 15) is 4.79 Å². The van der Waals surface area contributed by atoms with E-state index in [1.165, 1.54) is 0 Å². The fourth-order valence-corrected chi connectivity index (χ4v) is 1.89. The summed E-state index contributed by atoms with van der Waals surface area (Å²) in [6.45, 7) is 3.02. The van der Waals surface area contributed by atoms with Crippen LogP contribution in [0.5, 0.6) is 0 Å². The first-order chi connectivity index (χ1) is 8.11. The summed E-state index contributed by atoms with van der Waals surface area (Å²) in [6.07, 6.45) is 0.553. The van der Waals surface area contributed by atoms with Crippen molar-refractivity contribution >= 4 is 29.1 Å². The van der Waals surface area contributed by atoms with Gasteiger partial charge in [-0.2, -0.15) is 0 Å². The molecule has 3 nitrogen and oxygen atoms in total. The van der Waals surface area contributed by atoms with Crippen molar-refractivity contribution in [1.82, 2.24) is 4.90 Å². The number of amides is 1. The maximum Gasteiger partial charge on any atom is 0.255 e. The molecule has 1 aromatic rings. The summed E-state index contributed by atoms with van der Waals surface area (Å²) in [4.78, 5) is 13.8. The summed E-state index contributed by atoms with van der Waals surface area (Å²) >= 11 is 11.9. The second kappa shape index (κ2) is 6.84. The number of halogens is 2. The number of carbonyl (C=O) groups is 1. The van der Waals surface area contributed by atoms with E-state index in [1.54, 1.807) is 23.1 Å². The van der Waals surface area contributed by atoms with Gasteiger partial charge in [-0.1, -0.05) is 29.3 Å². The summed E-state index contributed by atoms with van der Waals surface area (Å²) in [5.41, 5.74) is 0.402. The van der Waals surface area contributed by atoms with Crippen LogP contribution in [0.1, 0.15) is 23.7 Å². The Kier molecular flexibility index (Phi) is 5.75. The Balaban J connectivity index is 2.90. The summed E-state index contributed by atoms with van der Waals surface area (Å²) in [5.74, 6) is -0.159. The lowest BCUT2D eigenvalue weighted by Crippen LogP contribution is -2.32. The van der Waals surface area contributed by atoms with E-state index in [0.29, 0.717) is 30.1 Å². The number of benzene rings is 1. The first-order valence-electron chi connectivity index (χ1n) is 5.46. The van der Waals surface area contributed by atoms with E-state index in [1.807, 2.05) is 6.92 Å². The van der Waals surface area contributed by atoms with Gasteiger partial charge in [-0.25, -0.2) is 0 Å². The van der Waals surface area contributed by atoms with Gasteiger partial charge in [-0.05, 0) is 25.5 Å². The molecule has 1 N–H and O–H groups in total. The van der Waals surface area contributed by atoms with E-state index in [2.05, 4.69) is 0 Å². The predicted octanol–water partition coefficient (Wildman–Crippen LogP) is 2.84. The molecule has 0 aliphatic carbocycles. The fourth-order valence-electron chi connectivity index (χ4n) is 1.50. The van der Waals surface area contributed by atoms with E-state index in [-0.39, 0.29) is 17.5 Å². The van der Waals surface area contributed by atoms with Crippen LogP contribution in [0.2, 0.25) is 10.0 Å². The van der Waals surface area contributed by atoms with Crippen molar-refractivity contribution in [3.05, 3.63) is 33.8 Å². The van der Waals surface area contributed by atoms with Crippen molar-refractivity contribution in [3.8, 4) is 0 Å². The van der Waals surface area contributed by atoms with E-state index in [4.69, 9.17) is 28.3 Å². The Morgan fingerprint density at radius 2 is 2.12 bits per heavy atom. The zero-order valence-electron chi connectivity index (χ0n) is 9.62. The summed E-state index contributed by atoms with van der Waals surface area (Å²) in [5, 5.41) is 9.43. The summed E-state index contributed by atoms with van der Waals surface area (Å²) in [6, 6.07) is 4.99. The normalized spacial score (nSPS) is 10.4. The molecule has 17 heavy (non-hydrogen) atoms. The molecule has 0 fully saturated rings. The third-order valence-electron chi connectivity index (χ3n) is 2.44. The second-order valence-electron chi connectivity index (χ2n) is 3.56. The van der Waals surface area contributed by atoms with E-state index >= 15 is 0 Å². The lowest BCUT2D eigenvalue weighted by Gasteiger charge is -2.21. The third-order valence-corrected chi connectivity index (χ3v) is 3.26. The SMILES string of the molecule is CCN(CCCO)C(=O)c1cccc(Cl)c1Cl. The zero-order valence-corrected chi connectivity index (χ0v) is 11.1. The average Bonchev–Trinajstić information content (AvgIpc) is 2.33. The van der Waals surface area contributed by atoms with E-state index in [0.717, 1.165) is 0 Å². The number of hydrogen-bond donors (Lipinski definition) is 1. The van der Waals surface area contributed by atoms with Gasteiger partial charge in [0.15, 0.2) is 0 Å². The Hall–Kier alpha value is -0.770. The molecular weight excluding hydrogens is 261 g/mol. The van der Waals surface area contributed by atoms with Crippen molar-refractivity contribution in [2.45, 2.75) is 13.3 Å². The minimum absolute atomic E-state index is 0.0626. The predicted molar refractivity (Wildman–Crippen MR) is 69.7 cm³/mol. The Morgan fingerprint density at radius 3 is 2.71 bits per heavy atom. The number of carbonyl (C=O) groups excluding carboxylic acids is 1. The molecule has 0 aromatic heterocycles. The lowest BCUT2D eigenvalue weighted by molar-refractivity contribution is 0.0754. The van der Waals surface area contributed by atoms with Crippen LogP contribution in [0.4, 0.5) is 0 Å². The van der Waals surface area contributed by atoms with Crippen LogP contribution in [0.15, 0.2) is 18.2 Å². The van der Waals surface area contributed by atoms with Gasteiger partial charge >= 0.3 is 0 Å². The maximum absolute atomic E-state index is 12.2. The lowest BCUT2D eigenvalue weighted by atomic mass is 10.2. The van der Waals surface area contributed by atoms with Gasteiger partial charge in [0.2, 0.25) is 0 Å². The van der Waals surface area contributed by atoms with Gasteiger partial charge < -0.3 is 10.0 Å². The molecule has 1 amide bonds. The van der Waals surface area contributed by atoms with Crippen molar-refractivity contribution in [3.63, 3.8) is 0 Å². The molecule has 0 unspecified atom stereocenters. The Bertz CT molecular complexity index is 396. The highest BCUT2D eigenvalue weighted by Gasteiger charge is 2.17. The molecule has 0 atom stereocenters. The van der Waals surface area contributed by atoms with Gasteiger partial charge in [0.1, 0.15) is 0 Å². The minimum atomic E-state index is -0.159. The molecule has 0 bridgehead atoms. The molecule has 0 saturated carbocycles. The largest absolute Gasteiger partial charge is 0.396 e. The molecule has 94 valence electrons. The average molecular weight is 276 g/mol. The van der Waals surface area contributed by atoms with Crippen molar-refractivity contribution in [2.75, 3.05) is 19.7 Å². The summed E-state index contributed by atoms with van der Waals surface area (Å²) in [7, 11) is 0. The molecule has 1 rings (SSSR count). The molecule has 0 spiro atoms. The molecule has 0 radical (unpaired) electrons. The molecule has 0 aliphatic heterocycles. The molecule has 0 heterocycles. The second-order valence-corrected chi connectivity index (χ2v) is 4.35. The van der Waals surface area contributed by atoms with Crippen LogP contribution in [0, 0.1) is 0 Å². The first kappa shape index (κ1) is 14.3. The molecule has 5 heteroatoms. The van der Waals surface area contributed by atoms with Crippen LogP contribution in [-0.2, 0) is 0 Å². The first-order valence-corrected chi connectivity index (χ1v) is 6.21. The van der Waals surface area contributed by atoms with Crippen molar-refractivity contribution in [1.29, 1.82) is 0 Å². The molecule has 1 aromatic carbocycles. The monoisotopic (exact) mass is 275 g/mol. The number of nitrogens with zero attached hydrogens (tertiary/aromatic N) is 1. The summed E-state index contributed by atoms with van der Waals surface area (Å²) < 4.78 is 0. The van der Waals surface area contributed by atoms with Crippen LogP contribution < -0.4 is 0 Å². The highest BCUT2D eigenvalue weighted by molar-refractivity contribution is 6.43. The minimum Gasteiger partial charge on any atom is -0.396 e. The van der Waals surface area contributed by atoms with E-state index < -0.39 is 0 Å². The number of rotatable bonds is 5. The molecule has 0 aliphatic rings. The van der Waals surface area contributed by atoms with Gasteiger partial charge in [-0.3, -0.25) is 4.79 Å². The third kappa shape index (κ3) is 3.60. The van der Waals surface area contributed by atoms with Gasteiger partial charge in [0, 0.05) is 19.7 Å².